The molecule has 2 rings (SSSR count). The number of oxazole rings is 1. The predicted octanol–water partition coefficient (Wildman–Crippen LogP) is 1.49. The van der Waals surface area contributed by atoms with Crippen LogP contribution in [0.5, 0.6) is 0 Å². The SMILES string of the molecule is CCc1ocnc1CNC1CC1. The van der Waals surface area contributed by atoms with Crippen LogP contribution < -0.4 is 5.32 Å². The first-order valence-corrected chi connectivity index (χ1v) is 4.54. The van der Waals surface area contributed by atoms with Crippen LogP contribution in [0.4, 0.5) is 0 Å². The molecule has 1 aromatic rings. The molecule has 0 aromatic carbocycles. The van der Waals surface area contributed by atoms with Crippen molar-refractivity contribution in [1.82, 2.24) is 10.3 Å². The molecule has 0 spiro atoms. The van der Waals surface area contributed by atoms with Crippen LogP contribution in [0.3, 0.4) is 0 Å². The summed E-state index contributed by atoms with van der Waals surface area (Å²) in [4.78, 5) is 4.16. The number of hydrogen-bond donors (Lipinski definition) is 1. The van der Waals surface area contributed by atoms with Crippen molar-refractivity contribution in [1.29, 1.82) is 0 Å². The lowest BCUT2D eigenvalue weighted by Crippen LogP contribution is -2.16. The van der Waals surface area contributed by atoms with Crippen molar-refractivity contribution in [3.8, 4) is 0 Å². The van der Waals surface area contributed by atoms with Crippen LogP contribution >= 0.6 is 0 Å². The molecule has 0 bridgehead atoms. The second-order valence-corrected chi connectivity index (χ2v) is 3.23. The summed E-state index contributed by atoms with van der Waals surface area (Å²) in [5, 5.41) is 3.41. The molecule has 1 aromatic heterocycles. The van der Waals surface area contributed by atoms with Gasteiger partial charge in [-0.1, -0.05) is 6.92 Å². The fourth-order valence-electron chi connectivity index (χ4n) is 1.25. The molecular weight excluding hydrogens is 152 g/mol. The molecule has 0 amide bonds. The molecule has 1 aliphatic rings. The van der Waals surface area contributed by atoms with Gasteiger partial charge in [0, 0.05) is 19.0 Å². The number of nitrogens with one attached hydrogen (secondary N) is 1. The Bertz CT molecular complexity index is 253. The molecule has 3 heteroatoms. The normalized spacial score (nSPS) is 16.8. The van der Waals surface area contributed by atoms with E-state index in [0.29, 0.717) is 0 Å². The van der Waals surface area contributed by atoms with Gasteiger partial charge in [0.25, 0.3) is 0 Å². The lowest BCUT2D eigenvalue weighted by atomic mass is 10.3. The van der Waals surface area contributed by atoms with E-state index in [0.717, 1.165) is 30.5 Å². The van der Waals surface area contributed by atoms with Crippen molar-refractivity contribution in [2.75, 3.05) is 0 Å². The van der Waals surface area contributed by atoms with Crippen molar-refractivity contribution in [3.63, 3.8) is 0 Å². The molecule has 0 aliphatic heterocycles. The molecule has 3 nitrogen and oxygen atoms in total. The van der Waals surface area contributed by atoms with Crippen LogP contribution in [0.15, 0.2) is 10.8 Å². The van der Waals surface area contributed by atoms with Crippen molar-refractivity contribution >= 4 is 0 Å². The molecule has 1 fully saturated rings. The third-order valence-electron chi connectivity index (χ3n) is 2.18. The largest absolute Gasteiger partial charge is 0.448 e. The number of aryl methyl sites for hydroxylation is 1. The van der Waals surface area contributed by atoms with Gasteiger partial charge < -0.3 is 9.73 Å². The Labute approximate surface area is 72.2 Å². The molecule has 1 saturated carbocycles. The average Bonchev–Trinajstić information content (AvgIpc) is 2.81. The van der Waals surface area contributed by atoms with E-state index < -0.39 is 0 Å². The van der Waals surface area contributed by atoms with Gasteiger partial charge in [0.1, 0.15) is 5.76 Å². The minimum Gasteiger partial charge on any atom is -0.448 e. The second-order valence-electron chi connectivity index (χ2n) is 3.23. The van der Waals surface area contributed by atoms with E-state index in [1.165, 1.54) is 19.2 Å². The Morgan fingerprint density at radius 1 is 1.67 bits per heavy atom. The number of aromatic nitrogens is 1. The molecule has 0 radical (unpaired) electrons. The van der Waals surface area contributed by atoms with Gasteiger partial charge in [-0.15, -0.1) is 0 Å². The van der Waals surface area contributed by atoms with Crippen LogP contribution in [0.2, 0.25) is 0 Å². The Morgan fingerprint density at radius 3 is 3.17 bits per heavy atom. The lowest BCUT2D eigenvalue weighted by Gasteiger charge is -1.99. The van der Waals surface area contributed by atoms with E-state index in [9.17, 15) is 0 Å². The minimum absolute atomic E-state index is 0.742. The van der Waals surface area contributed by atoms with Gasteiger partial charge in [0.05, 0.1) is 5.69 Å². The molecule has 12 heavy (non-hydrogen) atoms. The summed E-state index contributed by atoms with van der Waals surface area (Å²) in [6.07, 6.45) is 5.10. The fourth-order valence-corrected chi connectivity index (χ4v) is 1.25. The van der Waals surface area contributed by atoms with Crippen LogP contribution in [0.1, 0.15) is 31.2 Å². The van der Waals surface area contributed by atoms with Crippen molar-refractivity contribution in [2.45, 2.75) is 38.8 Å². The fraction of sp³-hybridized carbons (Fsp3) is 0.667. The van der Waals surface area contributed by atoms with Gasteiger partial charge in [-0.05, 0) is 12.8 Å². The first-order chi connectivity index (χ1) is 5.90. The van der Waals surface area contributed by atoms with Gasteiger partial charge in [-0.25, -0.2) is 4.98 Å². The molecule has 1 aliphatic carbocycles. The van der Waals surface area contributed by atoms with Crippen molar-refractivity contribution in [2.24, 2.45) is 0 Å². The highest BCUT2D eigenvalue weighted by Gasteiger charge is 2.20. The maximum absolute atomic E-state index is 5.22. The molecule has 66 valence electrons. The average molecular weight is 166 g/mol. The van der Waals surface area contributed by atoms with Gasteiger partial charge in [-0.2, -0.15) is 0 Å². The molecule has 0 atom stereocenters. The molecular formula is C9H14N2O. The Morgan fingerprint density at radius 2 is 2.50 bits per heavy atom. The first kappa shape index (κ1) is 7.80. The van der Waals surface area contributed by atoms with Gasteiger partial charge in [0.15, 0.2) is 6.39 Å². The third-order valence-corrected chi connectivity index (χ3v) is 2.18. The van der Waals surface area contributed by atoms with Crippen LogP contribution in [0.25, 0.3) is 0 Å². The van der Waals surface area contributed by atoms with E-state index in [-0.39, 0.29) is 0 Å². The first-order valence-electron chi connectivity index (χ1n) is 4.54. The summed E-state index contributed by atoms with van der Waals surface area (Å²) < 4.78 is 5.22. The summed E-state index contributed by atoms with van der Waals surface area (Å²) in [7, 11) is 0. The lowest BCUT2D eigenvalue weighted by molar-refractivity contribution is 0.504. The highest BCUT2D eigenvalue weighted by molar-refractivity contribution is 5.07. The number of hydrogen-bond acceptors (Lipinski definition) is 3. The number of rotatable bonds is 4. The minimum atomic E-state index is 0.742. The van der Waals surface area contributed by atoms with E-state index >= 15 is 0 Å². The van der Waals surface area contributed by atoms with Gasteiger partial charge in [0.2, 0.25) is 0 Å². The van der Waals surface area contributed by atoms with Crippen molar-refractivity contribution < 1.29 is 4.42 Å². The maximum atomic E-state index is 5.22. The highest BCUT2D eigenvalue weighted by Crippen LogP contribution is 2.19. The zero-order chi connectivity index (χ0) is 8.39. The van der Waals surface area contributed by atoms with E-state index in [1.54, 1.807) is 0 Å². The summed E-state index contributed by atoms with van der Waals surface area (Å²) in [5.74, 6) is 1.02. The quantitative estimate of drug-likeness (QED) is 0.736. The zero-order valence-electron chi connectivity index (χ0n) is 7.34. The second kappa shape index (κ2) is 3.27. The monoisotopic (exact) mass is 166 g/mol. The van der Waals surface area contributed by atoms with Crippen molar-refractivity contribution in [3.05, 3.63) is 17.8 Å². The number of nitrogens with zero attached hydrogens (tertiary/aromatic N) is 1. The van der Waals surface area contributed by atoms with E-state index in [1.807, 2.05) is 0 Å². The maximum Gasteiger partial charge on any atom is 0.181 e. The summed E-state index contributed by atoms with van der Waals surface area (Å²) in [6, 6.07) is 0.742. The van der Waals surface area contributed by atoms with Gasteiger partial charge in [-0.3, -0.25) is 0 Å². The topological polar surface area (TPSA) is 38.1 Å². The van der Waals surface area contributed by atoms with Gasteiger partial charge >= 0.3 is 0 Å². The molecule has 1 heterocycles. The molecule has 0 saturated heterocycles. The molecule has 1 N–H and O–H groups in total. The predicted molar refractivity (Wildman–Crippen MR) is 45.7 cm³/mol. The Hall–Kier alpha value is -0.830. The highest BCUT2D eigenvalue weighted by atomic mass is 16.3. The third kappa shape index (κ3) is 1.67. The Kier molecular flexibility index (Phi) is 2.13. The summed E-state index contributed by atoms with van der Waals surface area (Å²) in [5.41, 5.74) is 1.07. The van der Waals surface area contributed by atoms with Crippen LogP contribution in [-0.4, -0.2) is 11.0 Å². The smallest absolute Gasteiger partial charge is 0.181 e. The Balaban J connectivity index is 1.91. The van der Waals surface area contributed by atoms with E-state index in [2.05, 4.69) is 17.2 Å². The molecule has 0 unspecified atom stereocenters. The van der Waals surface area contributed by atoms with E-state index in [4.69, 9.17) is 4.42 Å². The summed E-state index contributed by atoms with van der Waals surface area (Å²) in [6.45, 7) is 2.95. The van der Waals surface area contributed by atoms with Crippen LogP contribution in [-0.2, 0) is 13.0 Å². The zero-order valence-corrected chi connectivity index (χ0v) is 7.34. The van der Waals surface area contributed by atoms with Crippen LogP contribution in [0, 0.1) is 0 Å². The standard InChI is InChI=1S/C9H14N2O/c1-2-9-8(11-6-12-9)5-10-7-3-4-7/h6-7,10H,2-5H2,1H3. The summed E-state index contributed by atoms with van der Waals surface area (Å²) >= 11 is 0.